The summed E-state index contributed by atoms with van der Waals surface area (Å²) in [5, 5.41) is 17.8. The Kier molecular flexibility index (Phi) is 5.06. The zero-order valence-corrected chi connectivity index (χ0v) is 16.4. The van der Waals surface area contributed by atoms with Crippen LogP contribution in [0.3, 0.4) is 0 Å². The maximum Gasteiger partial charge on any atom is 0.142 e. The highest BCUT2D eigenvalue weighted by molar-refractivity contribution is 5.80. The number of hydrogen-bond acceptors (Lipinski definition) is 7. The van der Waals surface area contributed by atoms with Crippen LogP contribution < -0.4 is 20.5 Å². The number of ether oxygens (including phenoxy) is 2. The molecule has 0 bridgehead atoms. The van der Waals surface area contributed by atoms with Crippen LogP contribution in [-0.4, -0.2) is 35.5 Å². The number of nitrogens with zero attached hydrogens (tertiary/aromatic N) is 4. The summed E-state index contributed by atoms with van der Waals surface area (Å²) < 4.78 is 12.8. The van der Waals surface area contributed by atoms with Crippen molar-refractivity contribution in [3.8, 4) is 40.1 Å². The third-order valence-corrected chi connectivity index (χ3v) is 5.01. The highest BCUT2D eigenvalue weighted by Gasteiger charge is 2.20. The lowest BCUT2D eigenvalue weighted by atomic mass is 10.0. The smallest absolute Gasteiger partial charge is 0.142 e. The quantitative estimate of drug-likeness (QED) is 0.704. The predicted molar refractivity (Wildman–Crippen MR) is 109 cm³/mol. The van der Waals surface area contributed by atoms with E-state index < -0.39 is 0 Å². The van der Waals surface area contributed by atoms with Crippen molar-refractivity contribution in [3.05, 3.63) is 41.6 Å². The molecule has 4 rings (SSSR count). The van der Waals surface area contributed by atoms with Gasteiger partial charge in [-0.1, -0.05) is 0 Å². The summed E-state index contributed by atoms with van der Waals surface area (Å²) in [4.78, 5) is 4.45. The number of hydrogen-bond donors (Lipinski definition) is 2. The number of nitrogens with two attached hydrogens (primary N) is 1. The van der Waals surface area contributed by atoms with Crippen molar-refractivity contribution in [1.29, 1.82) is 5.26 Å². The van der Waals surface area contributed by atoms with E-state index in [2.05, 4.69) is 16.4 Å². The Labute approximate surface area is 168 Å². The monoisotopic (exact) mass is 390 g/mol. The SMILES string of the molecule is COc1ccc(-c2cc(-c3cc4n(n3)CCCNC4)c(C#N)c(N)n2)c(OC)c1. The molecule has 0 saturated heterocycles. The van der Waals surface area contributed by atoms with E-state index in [0.717, 1.165) is 37.3 Å². The van der Waals surface area contributed by atoms with Gasteiger partial charge < -0.3 is 20.5 Å². The molecule has 0 amide bonds. The molecule has 2 aromatic heterocycles. The van der Waals surface area contributed by atoms with E-state index in [4.69, 9.17) is 20.3 Å². The molecule has 3 heterocycles. The minimum atomic E-state index is 0.166. The molecule has 0 radical (unpaired) electrons. The second-order valence-electron chi connectivity index (χ2n) is 6.77. The minimum Gasteiger partial charge on any atom is -0.497 e. The molecular weight excluding hydrogens is 368 g/mol. The molecule has 0 atom stereocenters. The van der Waals surface area contributed by atoms with Crippen molar-refractivity contribution >= 4 is 5.82 Å². The van der Waals surface area contributed by atoms with Crippen LogP contribution in [0, 0.1) is 11.3 Å². The van der Waals surface area contributed by atoms with Crippen molar-refractivity contribution in [3.63, 3.8) is 0 Å². The summed E-state index contributed by atoms with van der Waals surface area (Å²) in [7, 11) is 3.19. The third kappa shape index (κ3) is 3.48. The number of nitrogen functional groups attached to an aromatic ring is 1. The molecular formula is C21H22N6O2. The molecule has 0 fully saturated rings. The van der Waals surface area contributed by atoms with Crippen LogP contribution in [0.15, 0.2) is 30.3 Å². The third-order valence-electron chi connectivity index (χ3n) is 5.01. The fourth-order valence-corrected chi connectivity index (χ4v) is 3.53. The highest BCUT2D eigenvalue weighted by atomic mass is 16.5. The Morgan fingerprint density at radius 3 is 2.76 bits per heavy atom. The first-order chi connectivity index (χ1) is 14.1. The van der Waals surface area contributed by atoms with Gasteiger partial charge in [0.25, 0.3) is 0 Å². The fourth-order valence-electron chi connectivity index (χ4n) is 3.53. The normalized spacial score (nSPS) is 13.3. The largest absolute Gasteiger partial charge is 0.497 e. The van der Waals surface area contributed by atoms with Gasteiger partial charge >= 0.3 is 0 Å². The standard InChI is InChI=1S/C21H22N6O2/c1-28-14-4-5-15(20(9-14)29-2)18-10-16(17(11-22)21(23)25-18)19-8-13-12-24-6-3-7-27(13)26-19/h4-5,8-10,24H,3,6-7,12H2,1-2H3,(H2,23,25). The summed E-state index contributed by atoms with van der Waals surface area (Å²) in [6.07, 6.45) is 1.01. The molecule has 3 aromatic rings. The number of methoxy groups -OCH3 is 2. The van der Waals surface area contributed by atoms with Gasteiger partial charge in [-0.3, -0.25) is 4.68 Å². The molecule has 3 N–H and O–H groups in total. The van der Waals surface area contributed by atoms with Gasteiger partial charge in [0.15, 0.2) is 0 Å². The second kappa shape index (κ2) is 7.81. The number of anilines is 1. The van der Waals surface area contributed by atoms with Gasteiger partial charge in [0.05, 0.1) is 31.3 Å². The molecule has 8 heteroatoms. The molecule has 1 aromatic carbocycles. The van der Waals surface area contributed by atoms with Crippen LogP contribution in [0.2, 0.25) is 0 Å². The first kappa shape index (κ1) is 18.8. The van der Waals surface area contributed by atoms with Gasteiger partial charge in [-0.05, 0) is 37.2 Å². The van der Waals surface area contributed by atoms with E-state index in [9.17, 15) is 5.26 Å². The van der Waals surface area contributed by atoms with Gasteiger partial charge in [0, 0.05) is 30.3 Å². The van der Waals surface area contributed by atoms with Crippen LogP contribution in [0.25, 0.3) is 22.5 Å². The fraction of sp³-hybridized carbons (Fsp3) is 0.286. The van der Waals surface area contributed by atoms with E-state index in [1.165, 1.54) is 0 Å². The minimum absolute atomic E-state index is 0.166. The average molecular weight is 390 g/mol. The molecule has 148 valence electrons. The van der Waals surface area contributed by atoms with Gasteiger partial charge in [0.2, 0.25) is 0 Å². The van der Waals surface area contributed by atoms with Crippen molar-refractivity contribution < 1.29 is 9.47 Å². The van der Waals surface area contributed by atoms with Crippen molar-refractivity contribution in [2.45, 2.75) is 19.5 Å². The van der Waals surface area contributed by atoms with Crippen LogP contribution in [0.1, 0.15) is 17.7 Å². The topological polar surface area (TPSA) is 111 Å². The summed E-state index contributed by atoms with van der Waals surface area (Å²) in [6, 6.07) is 11.5. The molecule has 29 heavy (non-hydrogen) atoms. The van der Waals surface area contributed by atoms with Gasteiger partial charge in [-0.25, -0.2) is 4.98 Å². The zero-order chi connectivity index (χ0) is 20.4. The molecule has 0 aliphatic carbocycles. The first-order valence-corrected chi connectivity index (χ1v) is 9.35. The lowest BCUT2D eigenvalue weighted by molar-refractivity contribution is 0.395. The predicted octanol–water partition coefficient (Wildman–Crippen LogP) is 2.58. The average Bonchev–Trinajstić information content (AvgIpc) is 3.02. The number of pyridine rings is 1. The molecule has 8 nitrogen and oxygen atoms in total. The van der Waals surface area contributed by atoms with E-state index in [0.29, 0.717) is 34.0 Å². The summed E-state index contributed by atoms with van der Waals surface area (Å²) >= 11 is 0. The van der Waals surface area contributed by atoms with Gasteiger partial charge in [-0.2, -0.15) is 10.4 Å². The number of rotatable bonds is 4. The van der Waals surface area contributed by atoms with Crippen molar-refractivity contribution in [1.82, 2.24) is 20.1 Å². The molecule has 0 spiro atoms. The van der Waals surface area contributed by atoms with Crippen molar-refractivity contribution in [2.24, 2.45) is 0 Å². The number of fused-ring (bicyclic) bond motifs is 1. The molecule has 1 aliphatic heterocycles. The van der Waals surface area contributed by atoms with Gasteiger partial charge in [0.1, 0.15) is 28.9 Å². The molecule has 0 unspecified atom stereocenters. The Hall–Kier alpha value is -3.57. The molecule has 0 saturated carbocycles. The van der Waals surface area contributed by atoms with Gasteiger partial charge in [-0.15, -0.1) is 0 Å². The Morgan fingerprint density at radius 2 is 2.00 bits per heavy atom. The Bertz CT molecular complexity index is 1080. The maximum atomic E-state index is 9.68. The van der Waals surface area contributed by atoms with Crippen LogP contribution in [0.4, 0.5) is 5.82 Å². The van der Waals surface area contributed by atoms with E-state index in [-0.39, 0.29) is 5.82 Å². The number of nitrogens with one attached hydrogen (secondary N) is 1. The summed E-state index contributed by atoms with van der Waals surface area (Å²) in [6.45, 7) is 2.55. The number of nitriles is 1. The Morgan fingerprint density at radius 1 is 1.14 bits per heavy atom. The Balaban J connectivity index is 1.86. The lowest BCUT2D eigenvalue weighted by Gasteiger charge is -2.12. The summed E-state index contributed by atoms with van der Waals surface area (Å²) in [5.41, 5.74) is 10.3. The van der Waals surface area contributed by atoms with Crippen LogP contribution in [-0.2, 0) is 13.1 Å². The van der Waals surface area contributed by atoms with E-state index in [1.807, 2.05) is 28.9 Å². The zero-order valence-electron chi connectivity index (χ0n) is 16.4. The number of aromatic nitrogens is 3. The van der Waals surface area contributed by atoms with E-state index in [1.54, 1.807) is 20.3 Å². The highest BCUT2D eigenvalue weighted by Crippen LogP contribution is 2.36. The second-order valence-corrected chi connectivity index (χ2v) is 6.77. The lowest BCUT2D eigenvalue weighted by Crippen LogP contribution is -2.11. The van der Waals surface area contributed by atoms with Crippen molar-refractivity contribution in [2.75, 3.05) is 26.5 Å². The molecule has 1 aliphatic rings. The van der Waals surface area contributed by atoms with E-state index >= 15 is 0 Å². The number of aryl methyl sites for hydroxylation is 1. The van der Waals surface area contributed by atoms with Crippen LogP contribution in [0.5, 0.6) is 11.5 Å². The van der Waals surface area contributed by atoms with Crippen LogP contribution >= 0.6 is 0 Å². The number of benzene rings is 1. The summed E-state index contributed by atoms with van der Waals surface area (Å²) in [5.74, 6) is 1.45. The maximum absolute atomic E-state index is 9.68. The first-order valence-electron chi connectivity index (χ1n) is 9.35.